The Morgan fingerprint density at radius 2 is 1.81 bits per heavy atom. The van der Waals surface area contributed by atoms with E-state index in [1.807, 2.05) is 0 Å². The lowest BCUT2D eigenvalue weighted by Gasteiger charge is -2.17. The second-order valence-electron chi connectivity index (χ2n) is 4.41. The Bertz CT molecular complexity index is 624. The number of halogens is 2. The molecular formula is C15H15F2N3O. The molecule has 0 unspecified atom stereocenters. The molecule has 0 aliphatic heterocycles. The number of hydrogen-bond donors (Lipinski definition) is 1. The smallest absolute Gasteiger partial charge is 0.258 e. The highest BCUT2D eigenvalue weighted by Gasteiger charge is 2.18. The van der Waals surface area contributed by atoms with Gasteiger partial charge in [-0.2, -0.15) is 0 Å². The molecule has 0 aliphatic rings. The van der Waals surface area contributed by atoms with Gasteiger partial charge < -0.3 is 10.2 Å². The third kappa shape index (κ3) is 3.16. The molecule has 110 valence electrons. The highest BCUT2D eigenvalue weighted by molar-refractivity contribution is 6.05. The minimum atomic E-state index is -0.789. The number of pyridine rings is 1. The van der Waals surface area contributed by atoms with E-state index in [1.54, 1.807) is 19.1 Å². The van der Waals surface area contributed by atoms with Crippen molar-refractivity contribution < 1.29 is 13.6 Å². The molecule has 0 saturated carbocycles. The Balaban J connectivity index is 2.32. The van der Waals surface area contributed by atoms with Crippen molar-refractivity contribution in [3.8, 4) is 0 Å². The number of aromatic nitrogens is 1. The fourth-order valence-electron chi connectivity index (χ4n) is 1.92. The summed E-state index contributed by atoms with van der Waals surface area (Å²) in [5.41, 5.74) is 0.318. The van der Waals surface area contributed by atoms with Crippen LogP contribution in [-0.2, 0) is 0 Å². The molecule has 0 radical (unpaired) electrons. The van der Waals surface area contributed by atoms with Gasteiger partial charge >= 0.3 is 0 Å². The summed E-state index contributed by atoms with van der Waals surface area (Å²) in [6, 6.07) is 5.33. The summed E-state index contributed by atoms with van der Waals surface area (Å²) in [5.74, 6) is -2.08. The molecule has 21 heavy (non-hydrogen) atoms. The molecule has 0 aliphatic carbocycles. The number of rotatable bonds is 4. The van der Waals surface area contributed by atoms with Crippen LogP contribution in [0.5, 0.6) is 0 Å². The highest BCUT2D eigenvalue weighted by Crippen LogP contribution is 2.22. The van der Waals surface area contributed by atoms with E-state index in [0.29, 0.717) is 12.2 Å². The van der Waals surface area contributed by atoms with Crippen molar-refractivity contribution in [2.24, 2.45) is 0 Å². The molecule has 1 aromatic heterocycles. The van der Waals surface area contributed by atoms with E-state index < -0.39 is 17.5 Å². The molecule has 1 aromatic carbocycles. The average molecular weight is 291 g/mol. The second kappa shape index (κ2) is 6.30. The molecule has 0 spiro atoms. The summed E-state index contributed by atoms with van der Waals surface area (Å²) in [4.78, 5) is 17.4. The Kier molecular flexibility index (Phi) is 4.47. The first-order chi connectivity index (χ1) is 10.0. The number of carbonyl (C=O) groups is 1. The van der Waals surface area contributed by atoms with Crippen LogP contribution in [0.25, 0.3) is 0 Å². The quantitative estimate of drug-likeness (QED) is 0.941. The van der Waals surface area contributed by atoms with Crippen LogP contribution in [0.2, 0.25) is 0 Å². The van der Waals surface area contributed by atoms with Crippen LogP contribution in [0.15, 0.2) is 36.7 Å². The fourth-order valence-corrected chi connectivity index (χ4v) is 1.92. The minimum absolute atomic E-state index is 0.0500. The van der Waals surface area contributed by atoms with Gasteiger partial charge in [0.25, 0.3) is 5.91 Å². The van der Waals surface area contributed by atoms with Crippen LogP contribution < -0.4 is 10.2 Å². The molecule has 2 rings (SSSR count). The zero-order valence-corrected chi connectivity index (χ0v) is 11.7. The maximum atomic E-state index is 13.8. The molecule has 6 heteroatoms. The Morgan fingerprint density at radius 3 is 2.33 bits per heavy atom. The van der Waals surface area contributed by atoms with E-state index in [0.717, 1.165) is 12.1 Å². The lowest BCUT2D eigenvalue weighted by Crippen LogP contribution is -2.26. The molecule has 0 saturated heterocycles. The predicted octanol–water partition coefficient (Wildman–Crippen LogP) is 3.07. The standard InChI is InChI=1S/C15H15F2N3O/c1-3-19-14-12(16)8-10(9-13(14)17)15(21)20(2)11-4-6-18-7-5-11/h4-9,19H,3H2,1-2H3. The van der Waals surface area contributed by atoms with Crippen LogP contribution in [0.1, 0.15) is 17.3 Å². The molecule has 0 atom stereocenters. The highest BCUT2D eigenvalue weighted by atomic mass is 19.1. The van der Waals surface area contributed by atoms with E-state index in [-0.39, 0.29) is 11.3 Å². The summed E-state index contributed by atoms with van der Waals surface area (Å²) < 4.78 is 27.7. The lowest BCUT2D eigenvalue weighted by molar-refractivity contribution is 0.0992. The summed E-state index contributed by atoms with van der Waals surface area (Å²) in [6.07, 6.45) is 3.07. The van der Waals surface area contributed by atoms with Gasteiger partial charge in [0.15, 0.2) is 0 Å². The number of nitrogens with one attached hydrogen (secondary N) is 1. The van der Waals surface area contributed by atoms with Crippen molar-refractivity contribution in [3.63, 3.8) is 0 Å². The van der Waals surface area contributed by atoms with Crippen molar-refractivity contribution in [3.05, 3.63) is 53.9 Å². The predicted molar refractivity (Wildman–Crippen MR) is 77.5 cm³/mol. The first kappa shape index (κ1) is 14.9. The van der Waals surface area contributed by atoms with Gasteiger partial charge in [-0.15, -0.1) is 0 Å². The minimum Gasteiger partial charge on any atom is -0.381 e. The van der Waals surface area contributed by atoms with Gasteiger partial charge in [0.05, 0.1) is 0 Å². The van der Waals surface area contributed by atoms with E-state index in [9.17, 15) is 13.6 Å². The van der Waals surface area contributed by atoms with Gasteiger partial charge in [-0.1, -0.05) is 0 Å². The largest absolute Gasteiger partial charge is 0.381 e. The molecule has 2 aromatic rings. The van der Waals surface area contributed by atoms with Gasteiger partial charge in [-0.05, 0) is 31.2 Å². The number of nitrogens with zero attached hydrogens (tertiary/aromatic N) is 2. The summed E-state index contributed by atoms with van der Waals surface area (Å²) in [7, 11) is 1.53. The molecule has 1 amide bonds. The third-order valence-electron chi connectivity index (χ3n) is 3.00. The van der Waals surface area contributed by atoms with E-state index >= 15 is 0 Å². The van der Waals surface area contributed by atoms with Crippen LogP contribution in [0, 0.1) is 11.6 Å². The Hall–Kier alpha value is -2.50. The van der Waals surface area contributed by atoms with Crippen LogP contribution >= 0.6 is 0 Å². The van der Waals surface area contributed by atoms with E-state index in [1.165, 1.54) is 24.3 Å². The third-order valence-corrected chi connectivity index (χ3v) is 3.00. The molecule has 4 nitrogen and oxygen atoms in total. The zero-order valence-electron chi connectivity index (χ0n) is 11.7. The van der Waals surface area contributed by atoms with Crippen LogP contribution in [0.4, 0.5) is 20.2 Å². The Labute approximate surface area is 121 Å². The monoisotopic (exact) mass is 291 g/mol. The number of carbonyl (C=O) groups excluding carboxylic acids is 1. The molecule has 0 fully saturated rings. The Morgan fingerprint density at radius 1 is 1.24 bits per heavy atom. The molecule has 1 heterocycles. The van der Waals surface area contributed by atoms with E-state index in [2.05, 4.69) is 10.3 Å². The SMILES string of the molecule is CCNc1c(F)cc(C(=O)N(C)c2ccncc2)cc1F. The van der Waals surface area contributed by atoms with Gasteiger partial charge in [-0.3, -0.25) is 9.78 Å². The van der Waals surface area contributed by atoms with Gasteiger partial charge in [-0.25, -0.2) is 8.78 Å². The molecule has 1 N–H and O–H groups in total. The lowest BCUT2D eigenvalue weighted by atomic mass is 10.1. The van der Waals surface area contributed by atoms with Crippen molar-refractivity contribution in [2.45, 2.75) is 6.92 Å². The van der Waals surface area contributed by atoms with Crippen molar-refractivity contribution in [2.75, 3.05) is 23.8 Å². The van der Waals surface area contributed by atoms with Crippen molar-refractivity contribution in [1.29, 1.82) is 0 Å². The van der Waals surface area contributed by atoms with Gasteiger partial charge in [0.2, 0.25) is 0 Å². The van der Waals surface area contributed by atoms with E-state index in [4.69, 9.17) is 0 Å². The van der Waals surface area contributed by atoms with Crippen molar-refractivity contribution in [1.82, 2.24) is 4.98 Å². The average Bonchev–Trinajstić information content (AvgIpc) is 2.50. The number of amides is 1. The summed E-state index contributed by atoms with van der Waals surface area (Å²) >= 11 is 0. The van der Waals surface area contributed by atoms with Crippen molar-refractivity contribution >= 4 is 17.3 Å². The maximum absolute atomic E-state index is 13.8. The normalized spacial score (nSPS) is 10.3. The zero-order chi connectivity index (χ0) is 15.4. The maximum Gasteiger partial charge on any atom is 0.258 e. The van der Waals surface area contributed by atoms with Crippen LogP contribution in [-0.4, -0.2) is 24.5 Å². The first-order valence-corrected chi connectivity index (χ1v) is 6.45. The molecule has 0 bridgehead atoms. The fraction of sp³-hybridized carbons (Fsp3) is 0.200. The second-order valence-corrected chi connectivity index (χ2v) is 4.41. The summed E-state index contributed by atoms with van der Waals surface area (Å²) in [6.45, 7) is 2.12. The molecular weight excluding hydrogens is 276 g/mol. The topological polar surface area (TPSA) is 45.2 Å². The number of benzene rings is 1. The van der Waals surface area contributed by atoms with Crippen LogP contribution in [0.3, 0.4) is 0 Å². The van der Waals surface area contributed by atoms with Gasteiger partial charge in [0.1, 0.15) is 17.3 Å². The number of hydrogen-bond acceptors (Lipinski definition) is 3. The summed E-state index contributed by atoms with van der Waals surface area (Å²) in [5, 5.41) is 2.59. The number of anilines is 2. The first-order valence-electron chi connectivity index (χ1n) is 6.45. The van der Waals surface area contributed by atoms with Gasteiger partial charge in [0, 0.05) is 37.2 Å².